The predicted octanol–water partition coefficient (Wildman–Crippen LogP) is 1.82. The van der Waals surface area contributed by atoms with E-state index in [2.05, 4.69) is 26.6 Å². The van der Waals surface area contributed by atoms with E-state index in [4.69, 9.17) is 0 Å². The van der Waals surface area contributed by atoms with Crippen molar-refractivity contribution in [2.45, 2.75) is 31.2 Å². The molecule has 126 valence electrons. The molecule has 4 amide bonds. The topological polar surface area (TPSA) is 95.6 Å². The zero-order valence-electron chi connectivity index (χ0n) is 12.8. The number of ketones is 1. The molecule has 1 spiro atoms. The maximum Gasteiger partial charge on any atom is 0.325 e. The average Bonchev–Trinajstić information content (AvgIpc) is 2.77. The van der Waals surface area contributed by atoms with Gasteiger partial charge in [-0.1, -0.05) is 12.1 Å². The van der Waals surface area contributed by atoms with Crippen LogP contribution in [-0.2, 0) is 14.4 Å². The molecule has 8 heteroatoms. The molecule has 2 fully saturated rings. The highest BCUT2D eigenvalue weighted by Gasteiger charge is 2.52. The molecular weight excluding hydrogens is 378 g/mol. The molecule has 1 aromatic carbocycles. The Morgan fingerprint density at radius 2 is 1.88 bits per heavy atom. The number of halogens is 1. The Balaban J connectivity index is 1.68. The van der Waals surface area contributed by atoms with Crippen LogP contribution >= 0.6 is 15.9 Å². The predicted molar refractivity (Wildman–Crippen MR) is 89.2 cm³/mol. The summed E-state index contributed by atoms with van der Waals surface area (Å²) >= 11 is 3.32. The van der Waals surface area contributed by atoms with Crippen LogP contribution in [0.2, 0.25) is 0 Å². The minimum absolute atomic E-state index is 0.0906. The first-order valence-corrected chi connectivity index (χ1v) is 8.41. The van der Waals surface area contributed by atoms with E-state index in [0.717, 1.165) is 4.90 Å². The molecule has 2 N–H and O–H groups in total. The van der Waals surface area contributed by atoms with Crippen LogP contribution in [0.4, 0.5) is 10.5 Å². The second-order valence-corrected chi connectivity index (χ2v) is 6.82. The molecule has 1 saturated carbocycles. The largest absolute Gasteiger partial charge is 0.325 e. The lowest BCUT2D eigenvalue weighted by Crippen LogP contribution is -2.50. The van der Waals surface area contributed by atoms with Crippen LogP contribution in [0.25, 0.3) is 0 Å². The van der Waals surface area contributed by atoms with Gasteiger partial charge in [0.05, 0.1) is 5.69 Å². The van der Waals surface area contributed by atoms with Gasteiger partial charge in [-0.3, -0.25) is 19.3 Å². The minimum atomic E-state index is -1.03. The van der Waals surface area contributed by atoms with Crippen LogP contribution in [0.1, 0.15) is 25.7 Å². The van der Waals surface area contributed by atoms with Gasteiger partial charge in [0.2, 0.25) is 5.91 Å². The van der Waals surface area contributed by atoms with Crippen LogP contribution in [0.15, 0.2) is 28.7 Å². The van der Waals surface area contributed by atoms with Gasteiger partial charge in [0, 0.05) is 17.3 Å². The number of hydrogen-bond acceptors (Lipinski definition) is 4. The lowest BCUT2D eigenvalue weighted by molar-refractivity contribution is -0.136. The summed E-state index contributed by atoms with van der Waals surface area (Å²) in [7, 11) is 0. The monoisotopic (exact) mass is 393 g/mol. The van der Waals surface area contributed by atoms with Gasteiger partial charge in [-0.25, -0.2) is 4.79 Å². The summed E-state index contributed by atoms with van der Waals surface area (Å²) in [6.07, 6.45) is 1.11. The number of nitrogens with one attached hydrogen (secondary N) is 2. The highest BCUT2D eigenvalue weighted by atomic mass is 79.9. The molecule has 0 bridgehead atoms. The number of nitrogens with zero attached hydrogens (tertiary/aromatic N) is 1. The second kappa shape index (κ2) is 6.35. The maximum atomic E-state index is 12.6. The zero-order chi connectivity index (χ0) is 17.3. The van der Waals surface area contributed by atoms with Crippen molar-refractivity contribution in [3.8, 4) is 0 Å². The molecular formula is C16H16BrN3O4. The van der Waals surface area contributed by atoms with E-state index >= 15 is 0 Å². The van der Waals surface area contributed by atoms with Gasteiger partial charge in [-0.15, -0.1) is 0 Å². The van der Waals surface area contributed by atoms with E-state index in [9.17, 15) is 19.2 Å². The first kappa shape index (κ1) is 16.6. The smallest absolute Gasteiger partial charge is 0.324 e. The first-order valence-electron chi connectivity index (χ1n) is 7.61. The van der Waals surface area contributed by atoms with Crippen LogP contribution in [0.5, 0.6) is 0 Å². The van der Waals surface area contributed by atoms with Crippen LogP contribution in [0, 0.1) is 0 Å². The molecule has 1 aliphatic carbocycles. The fraction of sp³-hybridized carbons (Fsp3) is 0.375. The molecule has 3 rings (SSSR count). The molecule has 2 aliphatic rings. The Hall–Kier alpha value is -2.22. The van der Waals surface area contributed by atoms with Crippen molar-refractivity contribution in [1.29, 1.82) is 0 Å². The fourth-order valence-electron chi connectivity index (χ4n) is 3.01. The third-order valence-electron chi connectivity index (χ3n) is 4.36. The number of para-hydroxylation sites is 1. The summed E-state index contributed by atoms with van der Waals surface area (Å²) in [5.74, 6) is -0.801. The molecule has 1 aliphatic heterocycles. The first-order chi connectivity index (χ1) is 11.4. The van der Waals surface area contributed by atoms with Crippen molar-refractivity contribution in [1.82, 2.24) is 10.2 Å². The Morgan fingerprint density at radius 3 is 2.54 bits per heavy atom. The van der Waals surface area contributed by atoms with Crippen molar-refractivity contribution in [2.24, 2.45) is 0 Å². The van der Waals surface area contributed by atoms with E-state index in [1.54, 1.807) is 18.2 Å². The van der Waals surface area contributed by atoms with Gasteiger partial charge >= 0.3 is 6.03 Å². The second-order valence-electron chi connectivity index (χ2n) is 5.97. The number of carbonyl (C=O) groups is 4. The summed E-state index contributed by atoms with van der Waals surface area (Å²) in [6.45, 7) is -0.359. The molecule has 1 heterocycles. The summed E-state index contributed by atoms with van der Waals surface area (Å²) in [4.78, 5) is 49.2. The third kappa shape index (κ3) is 3.06. The van der Waals surface area contributed by atoms with E-state index < -0.39 is 23.4 Å². The van der Waals surface area contributed by atoms with Crippen molar-refractivity contribution in [3.05, 3.63) is 28.7 Å². The number of hydrogen-bond donors (Lipinski definition) is 2. The molecule has 0 atom stereocenters. The molecule has 0 aromatic heterocycles. The number of amides is 4. The molecule has 0 unspecified atom stereocenters. The van der Waals surface area contributed by atoms with Crippen molar-refractivity contribution in [3.63, 3.8) is 0 Å². The molecule has 7 nitrogen and oxygen atoms in total. The Kier molecular flexibility index (Phi) is 4.40. The van der Waals surface area contributed by atoms with Gasteiger partial charge in [0.25, 0.3) is 5.91 Å². The number of urea groups is 1. The Bertz CT molecular complexity index is 724. The molecule has 1 saturated heterocycles. The van der Waals surface area contributed by atoms with Crippen LogP contribution in [0.3, 0.4) is 0 Å². The summed E-state index contributed by atoms with van der Waals surface area (Å²) in [6, 6.07) is 6.48. The van der Waals surface area contributed by atoms with Gasteiger partial charge in [0.15, 0.2) is 0 Å². The van der Waals surface area contributed by atoms with Crippen molar-refractivity contribution < 1.29 is 19.2 Å². The molecule has 24 heavy (non-hydrogen) atoms. The number of carbonyl (C=O) groups excluding carboxylic acids is 4. The van der Waals surface area contributed by atoms with Crippen molar-refractivity contribution in [2.75, 3.05) is 11.9 Å². The SMILES string of the molecule is O=C1CCC2(CC1)NC(=O)N(CC(=O)Nc1ccccc1Br)C2=O. The van der Waals surface area contributed by atoms with E-state index in [-0.39, 0.29) is 25.2 Å². The highest BCUT2D eigenvalue weighted by Crippen LogP contribution is 2.32. The highest BCUT2D eigenvalue weighted by molar-refractivity contribution is 9.10. The fourth-order valence-corrected chi connectivity index (χ4v) is 3.39. The van der Waals surface area contributed by atoms with Gasteiger partial charge in [0.1, 0.15) is 17.9 Å². The Morgan fingerprint density at radius 1 is 1.21 bits per heavy atom. The van der Waals surface area contributed by atoms with Crippen LogP contribution in [-0.4, -0.2) is 40.6 Å². The average molecular weight is 394 g/mol. The normalized spacial score (nSPS) is 19.5. The summed E-state index contributed by atoms with van der Waals surface area (Å²) < 4.78 is 0.706. The lowest BCUT2D eigenvalue weighted by Gasteiger charge is -2.29. The number of imide groups is 1. The van der Waals surface area contributed by atoms with Crippen molar-refractivity contribution >= 4 is 45.2 Å². The summed E-state index contributed by atoms with van der Waals surface area (Å²) in [5.41, 5.74) is -0.467. The lowest BCUT2D eigenvalue weighted by atomic mass is 9.81. The number of rotatable bonds is 3. The van der Waals surface area contributed by atoms with E-state index in [1.807, 2.05) is 6.07 Å². The number of Topliss-reactive ketones (excluding diaryl/α,β-unsaturated/α-hetero) is 1. The number of benzene rings is 1. The molecule has 1 aromatic rings. The van der Waals surface area contributed by atoms with Gasteiger partial charge in [-0.05, 0) is 40.9 Å². The zero-order valence-corrected chi connectivity index (χ0v) is 14.4. The third-order valence-corrected chi connectivity index (χ3v) is 5.05. The molecule has 0 radical (unpaired) electrons. The maximum absolute atomic E-state index is 12.6. The van der Waals surface area contributed by atoms with E-state index in [0.29, 0.717) is 23.0 Å². The van der Waals surface area contributed by atoms with E-state index in [1.165, 1.54) is 0 Å². The van der Waals surface area contributed by atoms with Gasteiger partial charge < -0.3 is 10.6 Å². The quantitative estimate of drug-likeness (QED) is 0.765. The number of anilines is 1. The van der Waals surface area contributed by atoms with Gasteiger partial charge in [-0.2, -0.15) is 0 Å². The Labute approximate surface area is 146 Å². The standard InChI is InChI=1S/C16H16BrN3O4/c17-11-3-1-2-4-12(11)18-13(22)9-20-14(23)16(19-15(20)24)7-5-10(21)6-8-16/h1-4H,5-9H2,(H,18,22)(H,19,24). The summed E-state index contributed by atoms with van der Waals surface area (Å²) in [5, 5.41) is 5.33. The van der Waals surface area contributed by atoms with Crippen LogP contribution < -0.4 is 10.6 Å². The minimum Gasteiger partial charge on any atom is -0.324 e.